The maximum Gasteiger partial charge on any atom is 0.233 e. The summed E-state index contributed by atoms with van der Waals surface area (Å²) < 4.78 is 7.26. The smallest absolute Gasteiger partial charge is 0.233 e. The second-order valence-corrected chi connectivity index (χ2v) is 7.84. The maximum absolute atomic E-state index is 12.4. The van der Waals surface area contributed by atoms with Crippen molar-refractivity contribution in [2.75, 3.05) is 7.11 Å². The fourth-order valence-electron chi connectivity index (χ4n) is 3.21. The van der Waals surface area contributed by atoms with E-state index in [4.69, 9.17) is 4.74 Å². The number of benzene rings is 1. The molecule has 1 aromatic heterocycles. The third-order valence-electron chi connectivity index (χ3n) is 4.73. The van der Waals surface area contributed by atoms with Gasteiger partial charge < -0.3 is 14.6 Å². The van der Waals surface area contributed by atoms with Gasteiger partial charge in [0, 0.05) is 18.2 Å². The minimum absolute atomic E-state index is 0.0820. The molecule has 1 saturated carbocycles. The van der Waals surface area contributed by atoms with E-state index in [1.165, 1.54) is 24.6 Å². The summed E-state index contributed by atoms with van der Waals surface area (Å²) in [5.41, 5.74) is 0.982. The van der Waals surface area contributed by atoms with Crippen molar-refractivity contribution in [1.29, 1.82) is 0 Å². The van der Waals surface area contributed by atoms with Crippen LogP contribution in [0.25, 0.3) is 11.4 Å². The molecule has 1 amide bonds. The van der Waals surface area contributed by atoms with Crippen molar-refractivity contribution >= 4 is 17.7 Å². The zero-order chi connectivity index (χ0) is 18.5. The first-order valence-corrected chi connectivity index (χ1v) is 10.0. The fraction of sp³-hybridized carbons (Fsp3) is 0.526. The van der Waals surface area contributed by atoms with E-state index in [0.29, 0.717) is 6.04 Å². The van der Waals surface area contributed by atoms with E-state index in [1.807, 2.05) is 35.8 Å². The van der Waals surface area contributed by atoms with Crippen LogP contribution in [-0.2, 0) is 11.3 Å². The van der Waals surface area contributed by atoms with Gasteiger partial charge in [-0.2, -0.15) is 0 Å². The second-order valence-electron chi connectivity index (χ2n) is 6.53. The topological polar surface area (TPSA) is 69.0 Å². The molecule has 140 valence electrons. The van der Waals surface area contributed by atoms with Crippen LogP contribution in [0.15, 0.2) is 29.4 Å². The molecule has 1 unspecified atom stereocenters. The maximum atomic E-state index is 12.4. The van der Waals surface area contributed by atoms with Crippen molar-refractivity contribution in [2.24, 2.45) is 0 Å². The van der Waals surface area contributed by atoms with Gasteiger partial charge in [-0.1, -0.05) is 24.6 Å². The van der Waals surface area contributed by atoms with Crippen LogP contribution in [0.5, 0.6) is 5.75 Å². The van der Waals surface area contributed by atoms with Crippen molar-refractivity contribution < 1.29 is 9.53 Å². The molecule has 0 saturated heterocycles. The molecule has 0 bridgehead atoms. The minimum Gasteiger partial charge on any atom is -0.497 e. The number of nitrogens with zero attached hydrogens (tertiary/aromatic N) is 3. The first-order valence-electron chi connectivity index (χ1n) is 9.17. The predicted octanol–water partition coefficient (Wildman–Crippen LogP) is 3.51. The number of hydrogen-bond donors (Lipinski definition) is 1. The number of nitrogens with one attached hydrogen (secondary N) is 1. The zero-order valence-electron chi connectivity index (χ0n) is 15.6. The summed E-state index contributed by atoms with van der Waals surface area (Å²) in [7, 11) is 1.65. The molecule has 3 rings (SSSR count). The normalized spacial score (nSPS) is 15.8. The van der Waals surface area contributed by atoms with Gasteiger partial charge in [0.15, 0.2) is 11.0 Å². The lowest BCUT2D eigenvalue weighted by atomic mass is 10.2. The number of carbonyl (C=O) groups is 1. The van der Waals surface area contributed by atoms with Crippen LogP contribution in [0.4, 0.5) is 0 Å². The summed E-state index contributed by atoms with van der Waals surface area (Å²) in [6.45, 7) is 4.73. The lowest BCUT2D eigenvalue weighted by Crippen LogP contribution is -2.37. The molecule has 0 spiro atoms. The van der Waals surface area contributed by atoms with Gasteiger partial charge in [-0.05, 0) is 51.0 Å². The summed E-state index contributed by atoms with van der Waals surface area (Å²) in [5.74, 6) is 1.70. The second kappa shape index (κ2) is 8.58. The molecular weight excluding hydrogens is 348 g/mol. The minimum atomic E-state index is -0.200. The van der Waals surface area contributed by atoms with Gasteiger partial charge >= 0.3 is 0 Å². The fourth-order valence-corrected chi connectivity index (χ4v) is 4.14. The third kappa shape index (κ3) is 4.20. The Labute approximate surface area is 158 Å². The average molecular weight is 375 g/mol. The van der Waals surface area contributed by atoms with E-state index in [2.05, 4.69) is 22.4 Å². The van der Waals surface area contributed by atoms with E-state index in [1.54, 1.807) is 7.11 Å². The van der Waals surface area contributed by atoms with E-state index in [0.717, 1.165) is 41.7 Å². The monoisotopic (exact) mass is 374 g/mol. The highest BCUT2D eigenvalue weighted by atomic mass is 32.2. The summed E-state index contributed by atoms with van der Waals surface area (Å²) in [5, 5.41) is 12.4. The molecular formula is C19H26N4O2S. The van der Waals surface area contributed by atoms with Crippen molar-refractivity contribution in [3.05, 3.63) is 24.3 Å². The van der Waals surface area contributed by atoms with Crippen LogP contribution in [0.2, 0.25) is 0 Å². The number of ether oxygens (including phenoxy) is 1. The quantitative estimate of drug-likeness (QED) is 0.751. The first kappa shape index (κ1) is 18.8. The van der Waals surface area contributed by atoms with Crippen molar-refractivity contribution in [3.8, 4) is 17.1 Å². The number of aromatic nitrogens is 3. The van der Waals surface area contributed by atoms with Crippen LogP contribution >= 0.6 is 11.8 Å². The summed E-state index contributed by atoms with van der Waals surface area (Å²) >= 11 is 1.46. The molecule has 7 heteroatoms. The van der Waals surface area contributed by atoms with Gasteiger partial charge in [-0.3, -0.25) is 4.79 Å². The highest BCUT2D eigenvalue weighted by Crippen LogP contribution is 2.28. The van der Waals surface area contributed by atoms with Crippen LogP contribution in [0, 0.1) is 0 Å². The Morgan fingerprint density at radius 1 is 1.31 bits per heavy atom. The molecule has 1 atom stereocenters. The Hall–Kier alpha value is -2.02. The molecule has 6 nitrogen and oxygen atoms in total. The van der Waals surface area contributed by atoms with E-state index in [-0.39, 0.29) is 11.2 Å². The lowest BCUT2D eigenvalue weighted by molar-refractivity contribution is -0.120. The van der Waals surface area contributed by atoms with Gasteiger partial charge in [0.05, 0.1) is 12.4 Å². The molecule has 0 aliphatic heterocycles. The summed E-state index contributed by atoms with van der Waals surface area (Å²) in [4.78, 5) is 12.4. The molecule has 1 aliphatic rings. The molecule has 1 fully saturated rings. The molecule has 1 aromatic carbocycles. The van der Waals surface area contributed by atoms with Crippen LogP contribution in [0.1, 0.15) is 39.5 Å². The van der Waals surface area contributed by atoms with E-state index >= 15 is 0 Å². The SMILES string of the molecule is CCn1c(SC(C)C(=O)NC2CCCC2)nnc1-c1ccc(OC)cc1. The average Bonchev–Trinajstić information content (AvgIpc) is 3.31. The van der Waals surface area contributed by atoms with Crippen molar-refractivity contribution in [3.63, 3.8) is 0 Å². The third-order valence-corrected chi connectivity index (χ3v) is 5.81. The molecule has 1 aliphatic carbocycles. The molecule has 0 radical (unpaired) electrons. The highest BCUT2D eigenvalue weighted by Gasteiger charge is 2.23. The van der Waals surface area contributed by atoms with Crippen LogP contribution in [-0.4, -0.2) is 39.1 Å². The number of amides is 1. The Morgan fingerprint density at radius 3 is 2.62 bits per heavy atom. The molecule has 1 heterocycles. The van der Waals surface area contributed by atoms with E-state index < -0.39 is 0 Å². The Balaban J connectivity index is 1.71. The van der Waals surface area contributed by atoms with Crippen molar-refractivity contribution in [1.82, 2.24) is 20.1 Å². The van der Waals surface area contributed by atoms with Crippen LogP contribution in [0.3, 0.4) is 0 Å². The van der Waals surface area contributed by atoms with Gasteiger partial charge in [-0.25, -0.2) is 0 Å². The number of hydrogen-bond acceptors (Lipinski definition) is 5. The van der Waals surface area contributed by atoms with Gasteiger partial charge in [0.25, 0.3) is 0 Å². The number of carbonyl (C=O) groups excluding carboxylic acids is 1. The summed E-state index contributed by atoms with van der Waals surface area (Å²) in [6.07, 6.45) is 4.61. The number of rotatable bonds is 7. The van der Waals surface area contributed by atoms with E-state index in [9.17, 15) is 4.79 Å². The molecule has 2 aromatic rings. The summed E-state index contributed by atoms with van der Waals surface area (Å²) in [6, 6.07) is 8.10. The largest absolute Gasteiger partial charge is 0.497 e. The number of thioether (sulfide) groups is 1. The predicted molar refractivity (Wildman–Crippen MR) is 103 cm³/mol. The molecule has 1 N–H and O–H groups in total. The number of methoxy groups -OCH3 is 1. The Morgan fingerprint density at radius 2 is 2.00 bits per heavy atom. The van der Waals surface area contributed by atoms with Crippen molar-refractivity contribution in [2.45, 2.75) is 62.5 Å². The van der Waals surface area contributed by atoms with Gasteiger partial charge in [0.1, 0.15) is 5.75 Å². The van der Waals surface area contributed by atoms with Gasteiger partial charge in [0.2, 0.25) is 5.91 Å². The Kier molecular flexibility index (Phi) is 6.19. The zero-order valence-corrected chi connectivity index (χ0v) is 16.4. The first-order chi connectivity index (χ1) is 12.6. The standard InChI is InChI=1S/C19H26N4O2S/c1-4-23-17(14-9-11-16(25-3)12-10-14)21-22-19(23)26-13(2)18(24)20-15-7-5-6-8-15/h9-13,15H,4-8H2,1-3H3,(H,20,24). The lowest BCUT2D eigenvalue weighted by Gasteiger charge is -2.16. The highest BCUT2D eigenvalue weighted by molar-refractivity contribution is 8.00. The Bertz CT molecular complexity index is 738. The molecule has 26 heavy (non-hydrogen) atoms. The van der Waals surface area contributed by atoms with Crippen LogP contribution < -0.4 is 10.1 Å². The van der Waals surface area contributed by atoms with Gasteiger partial charge in [-0.15, -0.1) is 10.2 Å².